The summed E-state index contributed by atoms with van der Waals surface area (Å²) in [4.78, 5) is 12.0. The average molecular weight is 340 g/mol. The highest BCUT2D eigenvalue weighted by atomic mass is 32.2. The van der Waals surface area contributed by atoms with Gasteiger partial charge >= 0.3 is 0 Å². The summed E-state index contributed by atoms with van der Waals surface area (Å²) in [6.07, 6.45) is 1.46. The lowest BCUT2D eigenvalue weighted by atomic mass is 10.2. The lowest BCUT2D eigenvalue weighted by Crippen LogP contribution is -2.41. The number of nitrogens with zero attached hydrogens (tertiary/aromatic N) is 1. The molecule has 7 heteroatoms. The van der Waals surface area contributed by atoms with Crippen LogP contribution in [0.1, 0.15) is 13.8 Å². The predicted octanol–water partition coefficient (Wildman–Crippen LogP) is 1.64. The molecule has 128 valence electrons. The van der Waals surface area contributed by atoms with Crippen molar-refractivity contribution in [2.24, 2.45) is 5.92 Å². The number of carbonyl (C=O) groups excluding carboxylic acids is 1. The molecule has 1 aromatic carbocycles. The molecule has 0 aliphatic carbocycles. The summed E-state index contributed by atoms with van der Waals surface area (Å²) in [7, 11) is -2.27. The Bertz CT molecular complexity index is 624. The van der Waals surface area contributed by atoms with E-state index in [2.05, 4.69) is 11.9 Å². The molecule has 0 aliphatic heterocycles. The van der Waals surface area contributed by atoms with Gasteiger partial charge in [-0.25, -0.2) is 8.42 Å². The van der Waals surface area contributed by atoms with Crippen molar-refractivity contribution in [3.05, 3.63) is 36.9 Å². The fourth-order valence-corrected chi connectivity index (χ4v) is 3.19. The van der Waals surface area contributed by atoms with Crippen molar-refractivity contribution in [3.8, 4) is 5.75 Å². The molecule has 1 amide bonds. The van der Waals surface area contributed by atoms with E-state index in [4.69, 9.17) is 4.74 Å². The van der Waals surface area contributed by atoms with E-state index in [1.54, 1.807) is 12.1 Å². The Morgan fingerprint density at radius 2 is 1.96 bits per heavy atom. The number of sulfonamides is 1. The Kier molecular flexibility index (Phi) is 7.25. The number of benzene rings is 1. The van der Waals surface area contributed by atoms with Gasteiger partial charge in [0.05, 0.1) is 18.6 Å². The summed E-state index contributed by atoms with van der Waals surface area (Å²) < 4.78 is 31.4. The molecular formula is C16H24N2O4S. The van der Waals surface area contributed by atoms with Gasteiger partial charge in [0.2, 0.25) is 15.9 Å². The predicted molar refractivity (Wildman–Crippen MR) is 89.8 cm³/mol. The lowest BCUT2D eigenvalue weighted by molar-refractivity contribution is -0.121. The van der Waals surface area contributed by atoms with E-state index in [1.165, 1.54) is 25.3 Å². The van der Waals surface area contributed by atoms with Gasteiger partial charge in [-0.05, 0) is 30.2 Å². The minimum absolute atomic E-state index is 0.0590. The van der Waals surface area contributed by atoms with Gasteiger partial charge in [-0.3, -0.25) is 4.79 Å². The molecular weight excluding hydrogens is 316 g/mol. The van der Waals surface area contributed by atoms with Crippen LogP contribution in [0.3, 0.4) is 0 Å². The van der Waals surface area contributed by atoms with Crippen LogP contribution in [0.4, 0.5) is 0 Å². The van der Waals surface area contributed by atoms with E-state index < -0.39 is 10.0 Å². The lowest BCUT2D eigenvalue weighted by Gasteiger charge is -2.20. The molecule has 0 radical (unpaired) electrons. The molecule has 0 saturated heterocycles. The normalized spacial score (nSPS) is 11.5. The molecule has 0 fully saturated rings. The fraction of sp³-hybridized carbons (Fsp3) is 0.438. The number of ether oxygens (including phenoxy) is 1. The van der Waals surface area contributed by atoms with Crippen LogP contribution in [0.15, 0.2) is 41.8 Å². The van der Waals surface area contributed by atoms with Crippen LogP contribution < -0.4 is 10.1 Å². The standard InChI is InChI=1S/C16H24N2O4S/c1-5-10-18(12-16(19)17-11-13(2)3)23(20,21)15-8-6-14(22-4)7-9-15/h5-9,13H,1,10-12H2,2-4H3,(H,17,19). The number of amides is 1. The maximum Gasteiger partial charge on any atom is 0.243 e. The van der Waals surface area contributed by atoms with Crippen LogP contribution >= 0.6 is 0 Å². The molecule has 1 aromatic rings. The highest BCUT2D eigenvalue weighted by molar-refractivity contribution is 7.89. The van der Waals surface area contributed by atoms with Crippen LogP contribution in [0.2, 0.25) is 0 Å². The van der Waals surface area contributed by atoms with Crippen LogP contribution in [0.5, 0.6) is 5.75 Å². The Labute approximate surface area is 138 Å². The second kappa shape index (κ2) is 8.69. The minimum Gasteiger partial charge on any atom is -0.497 e. The first-order valence-electron chi connectivity index (χ1n) is 7.33. The molecule has 0 unspecified atom stereocenters. The first-order valence-corrected chi connectivity index (χ1v) is 8.77. The van der Waals surface area contributed by atoms with E-state index in [-0.39, 0.29) is 23.9 Å². The second-order valence-corrected chi connectivity index (χ2v) is 7.40. The molecule has 1 N–H and O–H groups in total. The quantitative estimate of drug-likeness (QED) is 0.694. The van der Waals surface area contributed by atoms with Crippen LogP contribution in [0.25, 0.3) is 0 Å². The molecule has 1 rings (SSSR count). The maximum atomic E-state index is 12.7. The van der Waals surface area contributed by atoms with Crippen molar-refractivity contribution >= 4 is 15.9 Å². The summed E-state index contributed by atoms with van der Waals surface area (Å²) in [6.45, 7) is 7.81. The van der Waals surface area contributed by atoms with Crippen LogP contribution in [-0.2, 0) is 14.8 Å². The minimum atomic E-state index is -3.78. The Morgan fingerprint density at radius 1 is 1.35 bits per heavy atom. The third-order valence-corrected chi connectivity index (χ3v) is 4.88. The molecule has 0 saturated carbocycles. The Morgan fingerprint density at radius 3 is 2.43 bits per heavy atom. The highest BCUT2D eigenvalue weighted by Crippen LogP contribution is 2.19. The van der Waals surface area contributed by atoms with Gasteiger partial charge in [0, 0.05) is 13.1 Å². The molecule has 0 spiro atoms. The fourth-order valence-electron chi connectivity index (χ4n) is 1.82. The van der Waals surface area contributed by atoms with Crippen LogP contribution in [0, 0.1) is 5.92 Å². The number of nitrogens with one attached hydrogen (secondary N) is 1. The topological polar surface area (TPSA) is 75.7 Å². The first-order chi connectivity index (χ1) is 10.8. The molecule has 0 heterocycles. The van der Waals surface area contributed by atoms with E-state index in [9.17, 15) is 13.2 Å². The van der Waals surface area contributed by atoms with E-state index in [1.807, 2.05) is 13.8 Å². The number of methoxy groups -OCH3 is 1. The molecule has 23 heavy (non-hydrogen) atoms. The van der Waals surface area contributed by atoms with Gasteiger partial charge in [0.15, 0.2) is 0 Å². The van der Waals surface area contributed by atoms with Crippen molar-refractivity contribution in [1.82, 2.24) is 9.62 Å². The monoisotopic (exact) mass is 340 g/mol. The summed E-state index contributed by atoms with van der Waals surface area (Å²) in [6, 6.07) is 6.04. The van der Waals surface area contributed by atoms with Crippen molar-refractivity contribution in [1.29, 1.82) is 0 Å². The first kappa shape index (κ1) is 19.2. The summed E-state index contributed by atoms with van der Waals surface area (Å²) in [5.41, 5.74) is 0. The summed E-state index contributed by atoms with van der Waals surface area (Å²) in [5, 5.41) is 2.71. The zero-order chi connectivity index (χ0) is 17.5. The number of hydrogen-bond acceptors (Lipinski definition) is 4. The van der Waals surface area contributed by atoms with Crippen LogP contribution in [-0.4, -0.2) is 45.4 Å². The average Bonchev–Trinajstić information content (AvgIpc) is 2.52. The largest absolute Gasteiger partial charge is 0.497 e. The molecule has 0 aromatic heterocycles. The molecule has 0 bridgehead atoms. The van der Waals surface area contributed by atoms with E-state index in [0.29, 0.717) is 18.2 Å². The smallest absolute Gasteiger partial charge is 0.243 e. The number of rotatable bonds is 9. The zero-order valence-electron chi connectivity index (χ0n) is 13.8. The molecule has 0 atom stereocenters. The van der Waals surface area contributed by atoms with E-state index >= 15 is 0 Å². The molecule has 6 nitrogen and oxygen atoms in total. The van der Waals surface area contributed by atoms with Crippen molar-refractivity contribution < 1.29 is 17.9 Å². The maximum absolute atomic E-state index is 12.7. The molecule has 0 aliphatic rings. The van der Waals surface area contributed by atoms with E-state index in [0.717, 1.165) is 4.31 Å². The van der Waals surface area contributed by atoms with Gasteiger partial charge in [0.1, 0.15) is 5.75 Å². The third kappa shape index (κ3) is 5.69. The van der Waals surface area contributed by atoms with Crippen molar-refractivity contribution in [2.45, 2.75) is 18.7 Å². The van der Waals surface area contributed by atoms with Gasteiger partial charge in [-0.2, -0.15) is 4.31 Å². The van der Waals surface area contributed by atoms with Crippen molar-refractivity contribution in [2.75, 3.05) is 26.7 Å². The summed E-state index contributed by atoms with van der Waals surface area (Å²) >= 11 is 0. The van der Waals surface area contributed by atoms with Gasteiger partial charge in [-0.1, -0.05) is 19.9 Å². The number of hydrogen-bond donors (Lipinski definition) is 1. The zero-order valence-corrected chi connectivity index (χ0v) is 14.6. The Hall–Kier alpha value is -1.86. The van der Waals surface area contributed by atoms with Gasteiger partial charge in [0.25, 0.3) is 0 Å². The van der Waals surface area contributed by atoms with Crippen molar-refractivity contribution in [3.63, 3.8) is 0 Å². The number of carbonyl (C=O) groups is 1. The Balaban J connectivity index is 2.92. The van der Waals surface area contributed by atoms with Gasteiger partial charge in [-0.15, -0.1) is 6.58 Å². The summed E-state index contributed by atoms with van der Waals surface area (Å²) in [5.74, 6) is 0.525. The van der Waals surface area contributed by atoms with Gasteiger partial charge < -0.3 is 10.1 Å². The highest BCUT2D eigenvalue weighted by Gasteiger charge is 2.25. The third-order valence-electron chi connectivity index (χ3n) is 3.06. The second-order valence-electron chi connectivity index (χ2n) is 5.46. The SMILES string of the molecule is C=CCN(CC(=O)NCC(C)C)S(=O)(=O)c1ccc(OC)cc1.